The summed E-state index contributed by atoms with van der Waals surface area (Å²) in [6.07, 6.45) is 1.65. The van der Waals surface area contributed by atoms with E-state index >= 15 is 0 Å². The SMILES string of the molecule is CCn1cnnc1CNC(=O)C(CN)c1ccccc1. The first-order valence-electron chi connectivity index (χ1n) is 6.65. The van der Waals surface area contributed by atoms with E-state index in [0.29, 0.717) is 6.54 Å². The first-order chi connectivity index (χ1) is 9.76. The van der Waals surface area contributed by atoms with Crippen LogP contribution in [0.4, 0.5) is 0 Å². The quantitative estimate of drug-likeness (QED) is 0.809. The molecule has 1 aromatic carbocycles. The topological polar surface area (TPSA) is 85.8 Å². The highest BCUT2D eigenvalue weighted by Crippen LogP contribution is 2.14. The molecule has 3 N–H and O–H groups in total. The second-order valence-electron chi connectivity index (χ2n) is 4.45. The average molecular weight is 273 g/mol. The number of nitrogens with two attached hydrogens (primary N) is 1. The largest absolute Gasteiger partial charge is 0.348 e. The minimum atomic E-state index is -0.339. The molecular weight excluding hydrogens is 254 g/mol. The number of hydrogen-bond acceptors (Lipinski definition) is 4. The minimum Gasteiger partial charge on any atom is -0.348 e. The van der Waals surface area contributed by atoms with Gasteiger partial charge in [0.25, 0.3) is 0 Å². The van der Waals surface area contributed by atoms with E-state index in [2.05, 4.69) is 15.5 Å². The van der Waals surface area contributed by atoms with Crippen LogP contribution in [0.3, 0.4) is 0 Å². The predicted octanol–water partition coefficient (Wildman–Crippen LogP) is 0.657. The number of benzene rings is 1. The Morgan fingerprint density at radius 2 is 2.15 bits per heavy atom. The maximum absolute atomic E-state index is 12.2. The van der Waals surface area contributed by atoms with Crippen molar-refractivity contribution in [2.45, 2.75) is 25.9 Å². The Bertz CT molecular complexity index is 552. The van der Waals surface area contributed by atoms with Crippen molar-refractivity contribution in [3.8, 4) is 0 Å². The first kappa shape index (κ1) is 14.2. The molecule has 0 saturated heterocycles. The van der Waals surface area contributed by atoms with Gasteiger partial charge in [0.05, 0.1) is 12.5 Å². The smallest absolute Gasteiger partial charge is 0.229 e. The molecule has 0 bridgehead atoms. The normalized spacial score (nSPS) is 12.1. The van der Waals surface area contributed by atoms with Gasteiger partial charge in [-0.2, -0.15) is 0 Å². The fraction of sp³-hybridized carbons (Fsp3) is 0.357. The summed E-state index contributed by atoms with van der Waals surface area (Å²) in [5, 5.41) is 10.7. The number of rotatable bonds is 6. The van der Waals surface area contributed by atoms with E-state index in [-0.39, 0.29) is 18.4 Å². The van der Waals surface area contributed by atoms with Crippen LogP contribution in [0.2, 0.25) is 0 Å². The van der Waals surface area contributed by atoms with Gasteiger partial charge in [0.15, 0.2) is 5.82 Å². The molecule has 0 fully saturated rings. The van der Waals surface area contributed by atoms with Crippen molar-refractivity contribution in [1.29, 1.82) is 0 Å². The molecule has 1 atom stereocenters. The number of amides is 1. The Hall–Kier alpha value is -2.21. The van der Waals surface area contributed by atoms with E-state index in [4.69, 9.17) is 5.73 Å². The summed E-state index contributed by atoms with van der Waals surface area (Å²) in [5.74, 6) is 0.309. The average Bonchev–Trinajstić information content (AvgIpc) is 2.94. The number of nitrogens with one attached hydrogen (secondary N) is 1. The fourth-order valence-electron chi connectivity index (χ4n) is 2.05. The Labute approximate surface area is 118 Å². The lowest BCUT2D eigenvalue weighted by atomic mass is 9.98. The molecule has 20 heavy (non-hydrogen) atoms. The van der Waals surface area contributed by atoms with E-state index in [1.54, 1.807) is 6.33 Å². The molecule has 2 rings (SSSR count). The Balaban J connectivity index is 2.00. The fourth-order valence-corrected chi connectivity index (χ4v) is 2.05. The van der Waals surface area contributed by atoms with Crippen molar-refractivity contribution in [1.82, 2.24) is 20.1 Å². The second-order valence-corrected chi connectivity index (χ2v) is 4.45. The molecule has 0 aliphatic rings. The lowest BCUT2D eigenvalue weighted by molar-refractivity contribution is -0.122. The number of carbonyl (C=O) groups excluding carboxylic acids is 1. The van der Waals surface area contributed by atoms with Gasteiger partial charge in [-0.25, -0.2) is 0 Å². The summed E-state index contributed by atoms with van der Waals surface area (Å²) < 4.78 is 1.89. The molecule has 1 unspecified atom stereocenters. The molecule has 0 saturated carbocycles. The molecule has 0 aliphatic heterocycles. The highest BCUT2D eigenvalue weighted by atomic mass is 16.1. The third-order valence-electron chi connectivity index (χ3n) is 3.21. The zero-order valence-corrected chi connectivity index (χ0v) is 11.5. The van der Waals surface area contributed by atoms with Crippen LogP contribution in [-0.2, 0) is 17.9 Å². The van der Waals surface area contributed by atoms with Crippen LogP contribution in [0.15, 0.2) is 36.7 Å². The van der Waals surface area contributed by atoms with Crippen LogP contribution in [0.5, 0.6) is 0 Å². The molecule has 0 aliphatic carbocycles. The molecule has 1 heterocycles. The number of hydrogen-bond donors (Lipinski definition) is 2. The van der Waals surface area contributed by atoms with Gasteiger partial charge in [0.2, 0.25) is 5.91 Å². The summed E-state index contributed by atoms with van der Waals surface area (Å²) >= 11 is 0. The summed E-state index contributed by atoms with van der Waals surface area (Å²) in [5.41, 5.74) is 6.64. The molecule has 0 radical (unpaired) electrons. The second kappa shape index (κ2) is 6.81. The lowest BCUT2D eigenvalue weighted by Crippen LogP contribution is -2.33. The van der Waals surface area contributed by atoms with Gasteiger partial charge in [-0.1, -0.05) is 30.3 Å². The molecule has 2 aromatic rings. The molecule has 1 aromatic heterocycles. The third kappa shape index (κ3) is 3.21. The van der Waals surface area contributed by atoms with Crippen LogP contribution < -0.4 is 11.1 Å². The molecule has 6 heteroatoms. The van der Waals surface area contributed by atoms with Crippen LogP contribution in [0, 0.1) is 0 Å². The lowest BCUT2D eigenvalue weighted by Gasteiger charge is -2.15. The van der Waals surface area contributed by atoms with Crippen molar-refractivity contribution < 1.29 is 4.79 Å². The van der Waals surface area contributed by atoms with E-state index in [9.17, 15) is 4.79 Å². The van der Waals surface area contributed by atoms with Crippen molar-refractivity contribution in [3.63, 3.8) is 0 Å². The van der Waals surface area contributed by atoms with Gasteiger partial charge in [0.1, 0.15) is 6.33 Å². The molecule has 0 spiro atoms. The van der Waals surface area contributed by atoms with Crippen molar-refractivity contribution in [3.05, 3.63) is 48.0 Å². The minimum absolute atomic E-state index is 0.0932. The van der Waals surface area contributed by atoms with Crippen LogP contribution >= 0.6 is 0 Å². The van der Waals surface area contributed by atoms with E-state index in [1.165, 1.54) is 0 Å². The van der Waals surface area contributed by atoms with Gasteiger partial charge in [0, 0.05) is 13.1 Å². The van der Waals surface area contributed by atoms with Crippen molar-refractivity contribution >= 4 is 5.91 Å². The van der Waals surface area contributed by atoms with Gasteiger partial charge in [-0.3, -0.25) is 4.79 Å². The maximum Gasteiger partial charge on any atom is 0.229 e. The third-order valence-corrected chi connectivity index (χ3v) is 3.21. The Morgan fingerprint density at radius 1 is 1.40 bits per heavy atom. The summed E-state index contributed by atoms with van der Waals surface area (Å²) in [7, 11) is 0. The Morgan fingerprint density at radius 3 is 2.80 bits per heavy atom. The van der Waals surface area contributed by atoms with Crippen molar-refractivity contribution in [2.24, 2.45) is 5.73 Å². The van der Waals surface area contributed by atoms with Crippen LogP contribution in [0.25, 0.3) is 0 Å². The number of aryl methyl sites for hydroxylation is 1. The highest BCUT2D eigenvalue weighted by Gasteiger charge is 2.18. The van der Waals surface area contributed by atoms with E-state index in [1.807, 2.05) is 41.8 Å². The standard InChI is InChI=1S/C14H19N5O/c1-2-19-10-17-18-13(19)9-16-14(20)12(8-15)11-6-4-3-5-7-11/h3-7,10,12H,2,8-9,15H2,1H3,(H,16,20). The van der Waals surface area contributed by atoms with Gasteiger partial charge >= 0.3 is 0 Å². The molecule has 6 nitrogen and oxygen atoms in total. The van der Waals surface area contributed by atoms with Gasteiger partial charge < -0.3 is 15.6 Å². The highest BCUT2D eigenvalue weighted by molar-refractivity contribution is 5.83. The first-order valence-corrected chi connectivity index (χ1v) is 6.65. The summed E-state index contributed by atoms with van der Waals surface area (Å²) in [6.45, 7) is 3.41. The maximum atomic E-state index is 12.2. The van der Waals surface area contributed by atoms with Gasteiger partial charge in [-0.15, -0.1) is 10.2 Å². The zero-order chi connectivity index (χ0) is 14.4. The number of carbonyl (C=O) groups is 1. The Kier molecular flexibility index (Phi) is 4.84. The zero-order valence-electron chi connectivity index (χ0n) is 11.5. The van der Waals surface area contributed by atoms with Gasteiger partial charge in [-0.05, 0) is 12.5 Å². The van der Waals surface area contributed by atoms with Crippen LogP contribution in [-0.4, -0.2) is 27.2 Å². The molecule has 1 amide bonds. The van der Waals surface area contributed by atoms with Crippen molar-refractivity contribution in [2.75, 3.05) is 6.54 Å². The van der Waals surface area contributed by atoms with E-state index < -0.39 is 0 Å². The predicted molar refractivity (Wildman–Crippen MR) is 75.8 cm³/mol. The van der Waals surface area contributed by atoms with Crippen LogP contribution in [0.1, 0.15) is 24.2 Å². The summed E-state index contributed by atoms with van der Waals surface area (Å²) in [6, 6.07) is 9.54. The van der Waals surface area contributed by atoms with E-state index in [0.717, 1.165) is 17.9 Å². The number of nitrogens with zero attached hydrogens (tertiary/aromatic N) is 3. The number of aromatic nitrogens is 3. The molecular formula is C14H19N5O. The molecule has 106 valence electrons. The monoisotopic (exact) mass is 273 g/mol. The summed E-state index contributed by atoms with van der Waals surface area (Å²) in [4.78, 5) is 12.2.